The maximum Gasteiger partial charge on any atom is 0.333 e. The third kappa shape index (κ3) is 4.92. The van der Waals surface area contributed by atoms with Gasteiger partial charge in [0.1, 0.15) is 18.1 Å². The molecule has 2 rings (SSSR count). The number of methoxy groups -OCH3 is 1. The molecular weight excluding hydrogens is 318 g/mol. The highest BCUT2D eigenvalue weighted by Gasteiger charge is 2.27. The summed E-state index contributed by atoms with van der Waals surface area (Å²) in [6.07, 6.45) is 1.35. The fraction of sp³-hybridized carbons (Fsp3) is 0.375. The van der Waals surface area contributed by atoms with Crippen LogP contribution in [0.15, 0.2) is 35.4 Å². The smallest absolute Gasteiger partial charge is 0.333 e. The molecule has 0 bridgehead atoms. The predicted molar refractivity (Wildman–Crippen MR) is 87.4 cm³/mol. The molecule has 7 heteroatoms. The zero-order valence-electron chi connectivity index (χ0n) is 13.1. The molecule has 0 aliphatic carbocycles. The summed E-state index contributed by atoms with van der Waals surface area (Å²) >= 11 is 1.33. The van der Waals surface area contributed by atoms with Crippen molar-refractivity contribution >= 4 is 23.6 Å². The van der Waals surface area contributed by atoms with E-state index in [4.69, 9.17) is 14.2 Å². The van der Waals surface area contributed by atoms with Gasteiger partial charge in [-0.1, -0.05) is 11.8 Å². The van der Waals surface area contributed by atoms with Gasteiger partial charge in [0, 0.05) is 0 Å². The van der Waals surface area contributed by atoms with E-state index in [0.717, 1.165) is 5.75 Å². The van der Waals surface area contributed by atoms with Crippen molar-refractivity contribution < 1.29 is 23.8 Å². The summed E-state index contributed by atoms with van der Waals surface area (Å²) in [5.41, 5.74) is 0. The van der Waals surface area contributed by atoms with E-state index < -0.39 is 5.97 Å². The van der Waals surface area contributed by atoms with E-state index in [1.807, 2.05) is 0 Å². The van der Waals surface area contributed by atoms with Crippen LogP contribution in [0.1, 0.15) is 6.92 Å². The number of carbonyl (C=O) groups is 2. The van der Waals surface area contributed by atoms with Crippen molar-refractivity contribution in [3.05, 3.63) is 35.4 Å². The fourth-order valence-corrected chi connectivity index (χ4v) is 2.94. The van der Waals surface area contributed by atoms with Gasteiger partial charge in [0.2, 0.25) is 5.91 Å². The summed E-state index contributed by atoms with van der Waals surface area (Å²) in [5.74, 6) is 1.30. The molecule has 0 atom stereocenters. The van der Waals surface area contributed by atoms with E-state index in [1.54, 1.807) is 43.2 Å². The zero-order chi connectivity index (χ0) is 16.7. The molecule has 124 valence electrons. The summed E-state index contributed by atoms with van der Waals surface area (Å²) in [6, 6.07) is 7.21. The molecular formula is C16H19NO5S. The third-order valence-electron chi connectivity index (χ3n) is 3.08. The van der Waals surface area contributed by atoms with Crippen LogP contribution in [-0.2, 0) is 14.3 Å². The van der Waals surface area contributed by atoms with Gasteiger partial charge in [0.25, 0.3) is 0 Å². The molecule has 0 unspecified atom stereocenters. The van der Waals surface area contributed by atoms with Gasteiger partial charge in [-0.25, -0.2) is 4.79 Å². The Morgan fingerprint density at radius 2 is 2.00 bits per heavy atom. The first-order valence-electron chi connectivity index (χ1n) is 7.22. The van der Waals surface area contributed by atoms with Gasteiger partial charge < -0.3 is 19.1 Å². The van der Waals surface area contributed by atoms with Crippen LogP contribution in [0.5, 0.6) is 11.5 Å². The van der Waals surface area contributed by atoms with Crippen LogP contribution in [0.25, 0.3) is 0 Å². The highest BCUT2D eigenvalue weighted by atomic mass is 32.2. The van der Waals surface area contributed by atoms with Crippen molar-refractivity contribution in [2.75, 3.05) is 32.6 Å². The minimum absolute atomic E-state index is 0.0381. The number of hydrogen-bond acceptors (Lipinski definition) is 6. The van der Waals surface area contributed by atoms with Crippen LogP contribution in [0, 0.1) is 0 Å². The Hall–Kier alpha value is -2.15. The third-order valence-corrected chi connectivity index (χ3v) is 4.11. The second kappa shape index (κ2) is 8.47. The van der Waals surface area contributed by atoms with E-state index >= 15 is 0 Å². The Labute approximate surface area is 139 Å². The second-order valence-corrected chi connectivity index (χ2v) is 5.59. The average molecular weight is 337 g/mol. The quantitative estimate of drug-likeness (QED) is 0.560. The lowest BCUT2D eigenvalue weighted by Crippen LogP contribution is -2.29. The van der Waals surface area contributed by atoms with Crippen molar-refractivity contribution in [1.82, 2.24) is 4.90 Å². The molecule has 0 spiro atoms. The molecule has 1 saturated heterocycles. The lowest BCUT2D eigenvalue weighted by Gasteiger charge is -2.17. The predicted octanol–water partition coefficient (Wildman–Crippen LogP) is 2.05. The van der Waals surface area contributed by atoms with Crippen molar-refractivity contribution in [1.29, 1.82) is 0 Å². The maximum absolute atomic E-state index is 11.9. The molecule has 1 aliphatic rings. The maximum atomic E-state index is 11.9. The molecule has 6 nitrogen and oxygen atoms in total. The van der Waals surface area contributed by atoms with E-state index in [2.05, 4.69) is 0 Å². The van der Waals surface area contributed by atoms with Crippen LogP contribution >= 0.6 is 11.8 Å². The molecule has 0 radical (unpaired) electrons. The Morgan fingerprint density at radius 1 is 1.30 bits per heavy atom. The van der Waals surface area contributed by atoms with Crippen molar-refractivity contribution in [3.8, 4) is 11.5 Å². The monoisotopic (exact) mass is 337 g/mol. The van der Waals surface area contributed by atoms with Crippen LogP contribution in [0.3, 0.4) is 0 Å². The fourth-order valence-electron chi connectivity index (χ4n) is 1.98. The normalized spacial score (nSPS) is 15.8. The molecule has 23 heavy (non-hydrogen) atoms. The Balaban J connectivity index is 1.89. The number of hydrogen-bond donors (Lipinski definition) is 0. The largest absolute Gasteiger partial charge is 0.497 e. The first kappa shape index (κ1) is 17.2. The molecule has 1 fully saturated rings. The number of nitrogens with zero attached hydrogens (tertiary/aromatic N) is 1. The highest BCUT2D eigenvalue weighted by molar-refractivity contribution is 8.04. The molecule has 1 aromatic rings. The van der Waals surface area contributed by atoms with E-state index in [1.165, 1.54) is 17.8 Å². The standard InChI is InChI=1S/C16H19NO5S/c1-3-21-16(19)10-15-17(14(18)11-23-15)8-9-22-13-6-4-12(20-2)5-7-13/h4-7,10H,3,8-9,11H2,1-2H3/b15-10-. The highest BCUT2D eigenvalue weighted by Crippen LogP contribution is 2.28. The number of amides is 1. The van der Waals surface area contributed by atoms with Gasteiger partial charge in [0.15, 0.2) is 0 Å². The summed E-state index contributed by atoms with van der Waals surface area (Å²) in [5, 5.41) is 0.604. The average Bonchev–Trinajstić information content (AvgIpc) is 2.89. The number of carbonyl (C=O) groups excluding carboxylic acids is 2. The summed E-state index contributed by atoms with van der Waals surface area (Å²) < 4.78 is 15.6. The molecule has 1 amide bonds. The van der Waals surface area contributed by atoms with Crippen molar-refractivity contribution in [2.24, 2.45) is 0 Å². The van der Waals surface area contributed by atoms with Crippen LogP contribution in [0.4, 0.5) is 0 Å². The number of benzene rings is 1. The Bertz CT molecular complexity index is 585. The molecule has 1 aromatic carbocycles. The lowest BCUT2D eigenvalue weighted by molar-refractivity contribution is -0.137. The number of rotatable bonds is 7. The molecule has 1 aliphatic heterocycles. The van der Waals surface area contributed by atoms with Gasteiger partial charge in [-0.3, -0.25) is 4.79 Å². The Kier molecular flexibility index (Phi) is 6.34. The number of esters is 1. The summed E-state index contributed by atoms with van der Waals surface area (Å²) in [7, 11) is 1.60. The number of thioether (sulfide) groups is 1. The van der Waals surface area contributed by atoms with Crippen molar-refractivity contribution in [2.45, 2.75) is 6.92 Å². The molecule has 1 heterocycles. The van der Waals surface area contributed by atoms with Gasteiger partial charge in [-0.05, 0) is 31.2 Å². The van der Waals surface area contributed by atoms with E-state index in [-0.39, 0.29) is 5.91 Å². The summed E-state index contributed by atoms with van der Waals surface area (Å²) in [4.78, 5) is 25.0. The molecule has 0 N–H and O–H groups in total. The van der Waals surface area contributed by atoms with Crippen LogP contribution in [0.2, 0.25) is 0 Å². The minimum atomic E-state index is -0.439. The van der Waals surface area contributed by atoms with Gasteiger partial charge >= 0.3 is 5.97 Å². The zero-order valence-corrected chi connectivity index (χ0v) is 13.9. The topological polar surface area (TPSA) is 65.1 Å². The number of ether oxygens (including phenoxy) is 3. The second-order valence-electron chi connectivity index (χ2n) is 4.59. The van der Waals surface area contributed by atoms with Gasteiger partial charge in [-0.15, -0.1) is 0 Å². The molecule has 0 saturated carbocycles. The van der Waals surface area contributed by atoms with Gasteiger partial charge in [-0.2, -0.15) is 0 Å². The Morgan fingerprint density at radius 3 is 2.65 bits per heavy atom. The van der Waals surface area contributed by atoms with E-state index in [0.29, 0.717) is 36.3 Å². The van der Waals surface area contributed by atoms with Crippen LogP contribution in [-0.4, -0.2) is 49.4 Å². The van der Waals surface area contributed by atoms with E-state index in [9.17, 15) is 9.59 Å². The van der Waals surface area contributed by atoms with Gasteiger partial charge in [0.05, 0.1) is 37.1 Å². The first-order chi connectivity index (χ1) is 11.1. The van der Waals surface area contributed by atoms with Crippen molar-refractivity contribution in [3.63, 3.8) is 0 Å². The SMILES string of the molecule is CCOC(=O)/C=C1\SCC(=O)N1CCOc1ccc(OC)cc1. The van der Waals surface area contributed by atoms with Crippen LogP contribution < -0.4 is 9.47 Å². The lowest BCUT2D eigenvalue weighted by atomic mass is 10.3. The summed E-state index contributed by atoms with van der Waals surface area (Å²) in [6.45, 7) is 2.76. The molecule has 0 aromatic heterocycles. The minimum Gasteiger partial charge on any atom is -0.497 e. The first-order valence-corrected chi connectivity index (χ1v) is 8.21.